The second-order valence-corrected chi connectivity index (χ2v) is 20.1. The molecule has 4 rings (SSSR count). The fourth-order valence-electron chi connectivity index (χ4n) is 8.60. The molecule has 0 spiro atoms. The molecule has 0 aliphatic carbocycles. The van der Waals surface area contributed by atoms with Crippen molar-refractivity contribution in [2.45, 2.75) is 146 Å². The van der Waals surface area contributed by atoms with Crippen LogP contribution in [0, 0.1) is 11.8 Å². The maximum absolute atomic E-state index is 14.5. The highest BCUT2D eigenvalue weighted by atomic mass is 16.4. The summed E-state index contributed by atoms with van der Waals surface area (Å²) in [7, 11) is 0. The van der Waals surface area contributed by atoms with Crippen LogP contribution in [-0.2, 0) is 67.2 Å². The van der Waals surface area contributed by atoms with Gasteiger partial charge in [0.25, 0.3) is 0 Å². The summed E-state index contributed by atoms with van der Waals surface area (Å²) in [5, 5.41) is 43.8. The first-order valence-corrected chi connectivity index (χ1v) is 26.2. The van der Waals surface area contributed by atoms with Gasteiger partial charge in [-0.2, -0.15) is 0 Å². The van der Waals surface area contributed by atoms with E-state index in [1.54, 1.807) is 88.4 Å². The highest BCUT2D eigenvalue weighted by Crippen LogP contribution is 2.13. The molecule has 0 radical (unpaired) electrons. The van der Waals surface area contributed by atoms with E-state index in [1.807, 2.05) is 0 Å². The second-order valence-electron chi connectivity index (χ2n) is 20.1. The molecule has 0 saturated carbocycles. The molecule has 0 bridgehead atoms. The summed E-state index contributed by atoms with van der Waals surface area (Å²) in [5.74, 6) is -9.56. The number of nitrogens with two attached hydrogens (primary N) is 2. The number of carbonyl (C=O) groups excluding carboxylic acids is 9. The largest absolute Gasteiger partial charge is 0.480 e. The normalized spacial score (nSPS) is 16.2. The van der Waals surface area contributed by atoms with E-state index >= 15 is 0 Å². The topological polar surface area (TPSA) is 400 Å². The number of carbonyl (C=O) groups is 10. The number of rotatable bonds is 33. The number of nitrogens with one attached hydrogen (secondary N) is 10. The maximum Gasteiger partial charge on any atom is 0.326 e. The van der Waals surface area contributed by atoms with E-state index in [2.05, 4.69) is 57.8 Å². The van der Waals surface area contributed by atoms with E-state index in [4.69, 9.17) is 11.5 Å². The van der Waals surface area contributed by atoms with Gasteiger partial charge in [-0.3, -0.25) is 43.2 Å². The Bertz CT molecular complexity index is 2460. The SMILES string of the molecule is CC(C)CC(NC(=O)C(Cc1ccccc1)NC(=O)C(CCCCN)NC(=O)C(Cc1ccccc1)NC(=O)C(CC(N)=O)NC(=O)C(NC(=O)C1CCCN1)C(C)C)C(=O)NC(CO)C(=O)NC(Cc1cnc[nH]1)C(=O)O. The molecule has 9 atom stereocenters. The third kappa shape index (κ3) is 21.0. The number of carboxylic acids is 1. The highest BCUT2D eigenvalue weighted by molar-refractivity contribution is 5.99. The number of aliphatic hydroxyl groups is 1. The van der Waals surface area contributed by atoms with E-state index in [9.17, 15) is 58.2 Å². The zero-order valence-electron chi connectivity index (χ0n) is 44.6. The van der Waals surface area contributed by atoms with Crippen molar-refractivity contribution in [2.24, 2.45) is 23.3 Å². The molecule has 1 aromatic heterocycles. The fraction of sp³-hybridized carbons (Fsp3) is 0.528. The van der Waals surface area contributed by atoms with Crippen LogP contribution in [0.3, 0.4) is 0 Å². The van der Waals surface area contributed by atoms with E-state index in [-0.39, 0.29) is 44.6 Å². The van der Waals surface area contributed by atoms with Crippen LogP contribution < -0.4 is 59.3 Å². The van der Waals surface area contributed by atoms with Crippen molar-refractivity contribution in [3.05, 3.63) is 90.0 Å². The van der Waals surface area contributed by atoms with E-state index in [0.717, 1.165) is 6.42 Å². The van der Waals surface area contributed by atoms with Gasteiger partial charge < -0.3 is 74.5 Å². The van der Waals surface area contributed by atoms with Gasteiger partial charge in [-0.05, 0) is 74.6 Å². The van der Waals surface area contributed by atoms with Crippen LogP contribution in [0.2, 0.25) is 0 Å². The van der Waals surface area contributed by atoms with Gasteiger partial charge in [-0.1, -0.05) is 88.4 Å². The van der Waals surface area contributed by atoms with Crippen LogP contribution >= 0.6 is 0 Å². The first-order valence-electron chi connectivity index (χ1n) is 26.2. The lowest BCUT2D eigenvalue weighted by molar-refractivity contribution is -0.142. The van der Waals surface area contributed by atoms with Gasteiger partial charge >= 0.3 is 5.97 Å². The number of benzene rings is 2. The molecule has 2 heterocycles. The molecule has 426 valence electrons. The van der Waals surface area contributed by atoms with Gasteiger partial charge in [0.05, 0.1) is 25.4 Å². The van der Waals surface area contributed by atoms with Gasteiger partial charge in [0.15, 0.2) is 0 Å². The number of aliphatic hydroxyl groups excluding tert-OH is 1. The molecular formula is C53H77N13O12. The van der Waals surface area contributed by atoms with E-state index in [1.165, 1.54) is 12.5 Å². The Morgan fingerprint density at radius 3 is 1.62 bits per heavy atom. The van der Waals surface area contributed by atoms with Crippen LogP contribution in [0.15, 0.2) is 73.2 Å². The summed E-state index contributed by atoms with van der Waals surface area (Å²) >= 11 is 0. The Morgan fingerprint density at radius 2 is 1.13 bits per heavy atom. The van der Waals surface area contributed by atoms with Crippen LogP contribution in [0.4, 0.5) is 0 Å². The Hall–Kier alpha value is -7.77. The number of aliphatic carboxylic acids is 1. The second kappa shape index (κ2) is 32.1. The molecule has 78 heavy (non-hydrogen) atoms. The molecule has 9 unspecified atom stereocenters. The van der Waals surface area contributed by atoms with Gasteiger partial charge in [-0.15, -0.1) is 0 Å². The number of aromatic nitrogens is 2. The highest BCUT2D eigenvalue weighted by Gasteiger charge is 2.37. The predicted molar refractivity (Wildman–Crippen MR) is 285 cm³/mol. The molecule has 9 amide bonds. The molecule has 1 saturated heterocycles. The number of hydrogen-bond donors (Lipinski definition) is 14. The average molecular weight is 1090 g/mol. The summed E-state index contributed by atoms with van der Waals surface area (Å²) in [4.78, 5) is 143. The van der Waals surface area contributed by atoms with E-state index in [0.29, 0.717) is 42.6 Å². The van der Waals surface area contributed by atoms with Gasteiger partial charge in [0.1, 0.15) is 48.3 Å². The summed E-state index contributed by atoms with van der Waals surface area (Å²) in [6, 6.07) is 5.36. The van der Waals surface area contributed by atoms with Crippen molar-refractivity contribution in [1.82, 2.24) is 57.8 Å². The number of hydrogen-bond acceptors (Lipinski definition) is 14. The Balaban J connectivity index is 1.59. The molecule has 1 aliphatic rings. The molecule has 3 aromatic rings. The van der Waals surface area contributed by atoms with Crippen molar-refractivity contribution < 1.29 is 58.2 Å². The number of amides is 9. The van der Waals surface area contributed by atoms with Crippen LogP contribution in [0.5, 0.6) is 0 Å². The van der Waals surface area contributed by atoms with Crippen molar-refractivity contribution in [1.29, 1.82) is 0 Å². The first-order chi connectivity index (χ1) is 37.2. The number of nitrogens with zero attached hydrogens (tertiary/aromatic N) is 1. The molecule has 1 fully saturated rings. The smallest absolute Gasteiger partial charge is 0.326 e. The Labute approximate surface area is 453 Å². The van der Waals surface area contributed by atoms with Gasteiger partial charge in [-0.25, -0.2) is 9.78 Å². The first kappa shape index (κ1) is 62.8. The van der Waals surface area contributed by atoms with Crippen molar-refractivity contribution in [3.8, 4) is 0 Å². The molecule has 2 aromatic carbocycles. The fourth-order valence-corrected chi connectivity index (χ4v) is 8.60. The summed E-state index contributed by atoms with van der Waals surface area (Å²) in [6.07, 6.45) is 3.74. The third-order valence-electron chi connectivity index (χ3n) is 12.8. The number of imidazole rings is 1. The Kier molecular flexibility index (Phi) is 25.8. The lowest BCUT2D eigenvalue weighted by atomic mass is 10.00. The average Bonchev–Trinajstić information content (AvgIpc) is 4.14. The summed E-state index contributed by atoms with van der Waals surface area (Å²) in [6.45, 7) is 6.88. The number of unbranched alkanes of at least 4 members (excludes halogenated alkanes) is 1. The van der Waals surface area contributed by atoms with Gasteiger partial charge in [0, 0.05) is 31.2 Å². The van der Waals surface area contributed by atoms with Crippen LogP contribution in [-0.4, -0.2) is 153 Å². The summed E-state index contributed by atoms with van der Waals surface area (Å²) in [5.41, 5.74) is 13.0. The monoisotopic (exact) mass is 1090 g/mol. The lowest BCUT2D eigenvalue weighted by Gasteiger charge is -2.29. The predicted octanol–water partition coefficient (Wildman–Crippen LogP) is -2.15. The standard InChI is InChI=1S/C53H77N13O12/c1-30(2)22-37(47(71)65-42(28-67)51(75)64-41(53(77)78)25-34-27-56-29-58-34)60-49(73)39(24-33-16-9-6-10-17-33)61-46(70)36(18-11-12-20-54)59-48(72)38(23-32-14-7-5-8-15-32)62-50(74)40(26-43(55)68)63-52(76)44(31(3)4)66-45(69)35-19-13-21-57-35/h5-10,14-17,27,29-31,35-42,44,57,67H,11-13,18-26,28,54H2,1-4H3,(H2,55,68)(H,56,58)(H,59,72)(H,60,73)(H,61,70)(H,62,74)(H,63,76)(H,64,75)(H,65,71)(H,66,69)(H,77,78). The van der Waals surface area contributed by atoms with Crippen molar-refractivity contribution in [2.75, 3.05) is 19.7 Å². The van der Waals surface area contributed by atoms with Gasteiger partial charge in [0.2, 0.25) is 53.2 Å². The molecular weight excluding hydrogens is 1010 g/mol. The third-order valence-corrected chi connectivity index (χ3v) is 12.8. The minimum atomic E-state index is -1.64. The van der Waals surface area contributed by atoms with E-state index < -0.39 is 132 Å². The molecule has 25 heteroatoms. The number of primary amides is 1. The number of carboxylic acid groups (broad SMARTS) is 1. The van der Waals surface area contributed by atoms with Crippen molar-refractivity contribution in [3.63, 3.8) is 0 Å². The summed E-state index contributed by atoms with van der Waals surface area (Å²) < 4.78 is 0. The zero-order chi connectivity index (χ0) is 57.3. The number of H-pyrrole nitrogens is 1. The minimum Gasteiger partial charge on any atom is -0.480 e. The number of aromatic amines is 1. The van der Waals surface area contributed by atoms with Crippen molar-refractivity contribution >= 4 is 59.1 Å². The quantitative estimate of drug-likeness (QED) is 0.0289. The lowest BCUT2D eigenvalue weighted by Crippen LogP contribution is -2.61. The maximum atomic E-state index is 14.5. The van der Waals surface area contributed by atoms with Crippen LogP contribution in [0.1, 0.15) is 89.5 Å². The molecule has 16 N–H and O–H groups in total. The molecule has 1 aliphatic heterocycles. The van der Waals surface area contributed by atoms with Crippen LogP contribution in [0.25, 0.3) is 0 Å². The molecule has 25 nitrogen and oxygen atoms in total. The Morgan fingerprint density at radius 1 is 0.628 bits per heavy atom. The zero-order valence-corrected chi connectivity index (χ0v) is 44.6. The minimum absolute atomic E-state index is 0.00706.